The van der Waals surface area contributed by atoms with E-state index in [1.165, 1.54) is 24.4 Å². The van der Waals surface area contributed by atoms with Gasteiger partial charge in [0.1, 0.15) is 5.58 Å². The summed E-state index contributed by atoms with van der Waals surface area (Å²) < 4.78 is 40.3. The van der Waals surface area contributed by atoms with Crippen LogP contribution in [0.1, 0.15) is 15.2 Å². The predicted octanol–water partition coefficient (Wildman–Crippen LogP) is 7.31. The third kappa shape index (κ3) is 5.23. The Morgan fingerprint density at radius 2 is 1.89 bits per heavy atom. The van der Waals surface area contributed by atoms with Gasteiger partial charge >= 0.3 is 0 Å². The molecule has 0 spiro atoms. The van der Waals surface area contributed by atoms with Crippen LogP contribution in [0.25, 0.3) is 44.5 Å². The molecular formula is C30H18FIrN3O-2. The van der Waals surface area contributed by atoms with Crippen LogP contribution in [-0.4, -0.2) is 9.97 Å². The second-order valence-electron chi connectivity index (χ2n) is 7.59. The van der Waals surface area contributed by atoms with Gasteiger partial charge in [-0.15, -0.1) is 48.0 Å². The topological polar surface area (TPSA) is 62.7 Å². The molecule has 0 fully saturated rings. The fraction of sp³-hybridized carbons (Fsp3) is 0.0333. The summed E-state index contributed by atoms with van der Waals surface area (Å²) in [5, 5.41) is 11.0. The number of rotatable bonds is 2. The summed E-state index contributed by atoms with van der Waals surface area (Å²) in [5.74, 6) is -0.368. The molecule has 0 aliphatic rings. The third-order valence-corrected chi connectivity index (χ3v) is 5.30. The van der Waals surface area contributed by atoms with Crippen molar-refractivity contribution in [1.82, 2.24) is 9.97 Å². The maximum absolute atomic E-state index is 12.7. The number of nitriles is 1. The quantitative estimate of drug-likeness (QED) is 0.185. The molecule has 0 saturated heterocycles. The molecule has 6 rings (SSSR count). The van der Waals surface area contributed by atoms with Gasteiger partial charge in [0.15, 0.2) is 0 Å². The van der Waals surface area contributed by atoms with E-state index in [-0.39, 0.29) is 31.5 Å². The molecule has 0 aliphatic heterocycles. The fourth-order valence-electron chi connectivity index (χ4n) is 3.63. The van der Waals surface area contributed by atoms with Crippen molar-refractivity contribution in [2.75, 3.05) is 0 Å². The van der Waals surface area contributed by atoms with Crippen LogP contribution in [0.2, 0.25) is 0 Å². The van der Waals surface area contributed by atoms with Crippen molar-refractivity contribution in [3.05, 3.63) is 120 Å². The number of furan rings is 1. The van der Waals surface area contributed by atoms with Gasteiger partial charge in [-0.25, -0.2) is 0 Å². The molecule has 36 heavy (non-hydrogen) atoms. The van der Waals surface area contributed by atoms with Crippen LogP contribution in [0.15, 0.2) is 95.7 Å². The molecule has 6 heteroatoms. The van der Waals surface area contributed by atoms with Crippen LogP contribution in [-0.2, 0) is 20.1 Å². The Hall–Kier alpha value is -4.17. The molecule has 4 nitrogen and oxygen atoms in total. The first-order chi connectivity index (χ1) is 18.3. The van der Waals surface area contributed by atoms with E-state index in [1.54, 1.807) is 30.5 Å². The van der Waals surface area contributed by atoms with Crippen molar-refractivity contribution in [1.29, 1.82) is 5.26 Å². The van der Waals surface area contributed by atoms with Gasteiger partial charge in [-0.3, -0.25) is 4.39 Å². The van der Waals surface area contributed by atoms with Crippen LogP contribution in [0.4, 0.5) is 4.39 Å². The van der Waals surface area contributed by atoms with Gasteiger partial charge in [0.05, 0.1) is 17.2 Å². The monoisotopic (exact) mass is 651 g/mol. The van der Waals surface area contributed by atoms with E-state index in [9.17, 15) is 4.39 Å². The number of aromatic nitrogens is 2. The Labute approximate surface area is 225 Å². The number of aryl methyl sites for hydroxylation is 1. The van der Waals surface area contributed by atoms with Crippen molar-refractivity contribution in [2.24, 2.45) is 0 Å². The summed E-state index contributed by atoms with van der Waals surface area (Å²) in [6, 6.07) is 30.3. The summed E-state index contributed by atoms with van der Waals surface area (Å²) in [6.07, 6.45) is 3.05. The zero-order valence-electron chi connectivity index (χ0n) is 21.6. The molecule has 0 aliphatic carbocycles. The second-order valence-corrected chi connectivity index (χ2v) is 7.59. The van der Waals surface area contributed by atoms with Gasteiger partial charge in [-0.05, 0) is 42.0 Å². The van der Waals surface area contributed by atoms with E-state index < -0.39 is 6.85 Å². The third-order valence-electron chi connectivity index (χ3n) is 5.30. The Morgan fingerprint density at radius 3 is 2.58 bits per heavy atom. The van der Waals surface area contributed by atoms with Crippen LogP contribution < -0.4 is 0 Å². The Balaban J connectivity index is 0.000000181. The molecule has 3 aromatic carbocycles. The van der Waals surface area contributed by atoms with Gasteiger partial charge in [-0.2, -0.15) is 5.26 Å². The van der Waals surface area contributed by atoms with Gasteiger partial charge < -0.3 is 14.4 Å². The summed E-state index contributed by atoms with van der Waals surface area (Å²) in [5.41, 5.74) is 5.09. The first-order valence-electron chi connectivity index (χ1n) is 12.2. The van der Waals surface area contributed by atoms with Crippen molar-refractivity contribution < 1.29 is 33.0 Å². The van der Waals surface area contributed by atoms with E-state index in [0.29, 0.717) is 22.4 Å². The Bertz CT molecular complexity index is 1760. The maximum Gasteiger partial charge on any atom is 0.122 e. The molecule has 177 valence electrons. The first-order valence-corrected chi connectivity index (χ1v) is 10.7. The Kier molecular flexibility index (Phi) is 6.49. The van der Waals surface area contributed by atoms with E-state index >= 15 is 0 Å². The van der Waals surface area contributed by atoms with Crippen LogP contribution in [0.5, 0.6) is 0 Å². The molecule has 0 saturated carbocycles. The average Bonchev–Trinajstić information content (AvgIpc) is 3.32. The smallest absolute Gasteiger partial charge is 0.122 e. The number of benzene rings is 3. The van der Waals surface area contributed by atoms with Gasteiger partial charge in [0.25, 0.3) is 0 Å². The number of nitrogens with zero attached hydrogens (tertiary/aromatic N) is 3. The van der Waals surface area contributed by atoms with E-state index in [1.807, 2.05) is 36.4 Å². The summed E-state index contributed by atoms with van der Waals surface area (Å²) >= 11 is 0. The average molecular weight is 651 g/mol. The largest absolute Gasteiger partial charge is 0.501 e. The van der Waals surface area contributed by atoms with E-state index in [4.69, 9.17) is 13.8 Å². The number of fused-ring (bicyclic) bond motifs is 3. The van der Waals surface area contributed by atoms with Crippen molar-refractivity contribution in [3.8, 4) is 28.6 Å². The number of pyridine rings is 2. The van der Waals surface area contributed by atoms with Crippen LogP contribution in [0.3, 0.4) is 0 Å². The molecular weight excluding hydrogens is 630 g/mol. The molecule has 0 bridgehead atoms. The van der Waals surface area contributed by atoms with Crippen LogP contribution >= 0.6 is 0 Å². The normalized spacial score (nSPS) is 11.8. The minimum absolute atomic E-state index is 0. The van der Waals surface area contributed by atoms with Gasteiger partial charge in [0.2, 0.25) is 0 Å². The molecule has 0 N–H and O–H groups in total. The van der Waals surface area contributed by atoms with E-state index in [2.05, 4.69) is 28.2 Å². The van der Waals surface area contributed by atoms with Crippen molar-refractivity contribution >= 4 is 21.9 Å². The summed E-state index contributed by atoms with van der Waals surface area (Å²) in [4.78, 5) is 8.39. The standard InChI is InChI=1S/C18H9N2O.C12H9FN.Ir/c19-11-12-7-8-13-14-4-3-5-15(16-6-1-2-9-20-16)18(14)21-17(13)10-12;1-9-2-7-12(14-8-9)10-3-5-11(13)6-4-10;/h1-4,6-10H;2-3,5-8H,1H3;/q2*-1;/i;1D3;. The Morgan fingerprint density at radius 1 is 0.972 bits per heavy atom. The second kappa shape index (κ2) is 11.0. The minimum atomic E-state index is -2.15. The number of halogens is 1. The number of hydrogen-bond donors (Lipinski definition) is 0. The predicted molar refractivity (Wildman–Crippen MR) is 134 cm³/mol. The van der Waals surface area contributed by atoms with E-state index in [0.717, 1.165) is 27.6 Å². The molecule has 3 aromatic heterocycles. The summed E-state index contributed by atoms with van der Waals surface area (Å²) in [7, 11) is 0. The molecule has 0 amide bonds. The van der Waals surface area contributed by atoms with Crippen molar-refractivity contribution in [3.63, 3.8) is 0 Å². The SMILES string of the molecule is N#Cc1ccc2c(c1)oc1c(-c3ccccn3)[c-]ccc12.[2H]C([2H])([2H])c1ccc(-c2[c-]cc(F)cc2)nc1.[Ir]. The maximum atomic E-state index is 12.7. The zero-order valence-corrected chi connectivity index (χ0v) is 21.0. The molecule has 1 radical (unpaired) electrons. The van der Waals surface area contributed by atoms with Crippen LogP contribution in [0, 0.1) is 36.1 Å². The van der Waals surface area contributed by atoms with Crippen molar-refractivity contribution in [2.45, 2.75) is 6.85 Å². The molecule has 0 unspecified atom stereocenters. The minimum Gasteiger partial charge on any atom is -0.501 e. The first kappa shape index (κ1) is 21.1. The number of hydrogen-bond acceptors (Lipinski definition) is 4. The fourth-order valence-corrected chi connectivity index (χ4v) is 3.63. The van der Waals surface area contributed by atoms with Gasteiger partial charge in [-0.1, -0.05) is 41.3 Å². The molecule has 6 aromatic rings. The molecule has 0 atom stereocenters. The molecule has 3 heterocycles. The summed E-state index contributed by atoms with van der Waals surface area (Å²) in [6.45, 7) is -2.15. The zero-order chi connectivity index (χ0) is 26.7. The van der Waals surface area contributed by atoms with Gasteiger partial charge in [0, 0.05) is 47.8 Å².